The zero-order chi connectivity index (χ0) is 15.6. The molecule has 0 fully saturated rings. The van der Waals surface area contributed by atoms with Crippen LogP contribution in [0.3, 0.4) is 0 Å². The number of hydrogen-bond acceptors (Lipinski definition) is 3. The van der Waals surface area contributed by atoms with Gasteiger partial charge in [0.05, 0.1) is 13.7 Å². The smallest absolute Gasteiger partial charge is 0.233 e. The molecule has 2 N–H and O–H groups in total. The number of benzene rings is 2. The van der Waals surface area contributed by atoms with Crippen molar-refractivity contribution < 1.29 is 9.53 Å². The van der Waals surface area contributed by atoms with Gasteiger partial charge in [-0.1, -0.05) is 42.5 Å². The van der Waals surface area contributed by atoms with Crippen LogP contribution in [-0.4, -0.2) is 26.1 Å². The molecule has 1 amide bonds. The van der Waals surface area contributed by atoms with Gasteiger partial charge in [0.25, 0.3) is 0 Å². The van der Waals surface area contributed by atoms with Gasteiger partial charge in [-0.05, 0) is 29.7 Å². The van der Waals surface area contributed by atoms with Crippen molar-refractivity contribution in [3.63, 3.8) is 0 Å². The molecule has 2 aromatic carbocycles. The minimum absolute atomic E-state index is 0.0180. The number of hydrogen-bond donors (Lipinski definition) is 2. The molecule has 0 aromatic heterocycles. The summed E-state index contributed by atoms with van der Waals surface area (Å²) >= 11 is 0. The molecule has 0 saturated heterocycles. The van der Waals surface area contributed by atoms with Gasteiger partial charge >= 0.3 is 0 Å². The molecule has 0 aliphatic carbocycles. The van der Waals surface area contributed by atoms with Crippen LogP contribution in [0.15, 0.2) is 54.6 Å². The summed E-state index contributed by atoms with van der Waals surface area (Å²) in [4.78, 5) is 11.7. The summed E-state index contributed by atoms with van der Waals surface area (Å²) in [5.41, 5.74) is 2.35. The summed E-state index contributed by atoms with van der Waals surface area (Å²) in [6, 6.07) is 17.9. The van der Waals surface area contributed by atoms with Crippen molar-refractivity contribution in [1.29, 1.82) is 0 Å². The first-order valence-electron chi connectivity index (χ1n) is 7.42. The van der Waals surface area contributed by atoms with Crippen molar-refractivity contribution in [2.75, 3.05) is 20.2 Å². The Morgan fingerprint density at radius 3 is 2.41 bits per heavy atom. The van der Waals surface area contributed by atoms with E-state index < -0.39 is 0 Å². The molecule has 22 heavy (non-hydrogen) atoms. The topological polar surface area (TPSA) is 50.4 Å². The molecule has 0 aliphatic rings. The van der Waals surface area contributed by atoms with Crippen LogP contribution in [-0.2, 0) is 17.8 Å². The molecule has 0 bridgehead atoms. The van der Waals surface area contributed by atoms with E-state index in [0.717, 1.165) is 12.2 Å². The molecule has 0 atom stereocenters. The number of rotatable bonds is 8. The van der Waals surface area contributed by atoms with Crippen molar-refractivity contribution in [2.45, 2.75) is 13.0 Å². The van der Waals surface area contributed by atoms with E-state index in [4.69, 9.17) is 4.74 Å². The van der Waals surface area contributed by atoms with Crippen LogP contribution >= 0.6 is 0 Å². The average Bonchev–Trinajstić information content (AvgIpc) is 2.56. The van der Waals surface area contributed by atoms with Crippen molar-refractivity contribution in [3.8, 4) is 5.75 Å². The van der Waals surface area contributed by atoms with E-state index in [1.54, 1.807) is 7.11 Å². The van der Waals surface area contributed by atoms with Crippen molar-refractivity contribution >= 4 is 5.91 Å². The molecule has 0 aliphatic heterocycles. The van der Waals surface area contributed by atoms with Crippen molar-refractivity contribution in [2.24, 2.45) is 0 Å². The molecule has 0 unspecified atom stereocenters. The van der Waals surface area contributed by atoms with Crippen molar-refractivity contribution in [1.82, 2.24) is 10.6 Å². The monoisotopic (exact) mass is 298 g/mol. The number of amides is 1. The lowest BCUT2D eigenvalue weighted by molar-refractivity contribution is -0.120. The van der Waals surface area contributed by atoms with E-state index in [2.05, 4.69) is 10.6 Å². The summed E-state index contributed by atoms with van der Waals surface area (Å²) in [5, 5.41) is 6.05. The van der Waals surface area contributed by atoms with Crippen LogP contribution in [0.5, 0.6) is 5.75 Å². The molecule has 0 radical (unpaired) electrons. The second-order valence-electron chi connectivity index (χ2n) is 5.04. The molecule has 2 aromatic rings. The van der Waals surface area contributed by atoms with Crippen molar-refractivity contribution in [3.05, 3.63) is 65.7 Å². The zero-order valence-electron chi connectivity index (χ0n) is 12.8. The maximum Gasteiger partial charge on any atom is 0.233 e. The molecular weight excluding hydrogens is 276 g/mol. The van der Waals surface area contributed by atoms with Crippen LogP contribution in [0.2, 0.25) is 0 Å². The van der Waals surface area contributed by atoms with Gasteiger partial charge in [0.1, 0.15) is 5.75 Å². The van der Waals surface area contributed by atoms with Gasteiger partial charge in [0.2, 0.25) is 5.91 Å². The highest BCUT2D eigenvalue weighted by Gasteiger charge is 2.01. The van der Waals surface area contributed by atoms with Gasteiger partial charge in [-0.3, -0.25) is 4.79 Å². The van der Waals surface area contributed by atoms with Crippen LogP contribution in [0.4, 0.5) is 0 Å². The Hall–Kier alpha value is -2.33. The largest absolute Gasteiger partial charge is 0.497 e. The predicted molar refractivity (Wildman–Crippen MR) is 87.9 cm³/mol. The molecule has 2 rings (SSSR count). The van der Waals surface area contributed by atoms with E-state index in [0.29, 0.717) is 19.6 Å². The van der Waals surface area contributed by atoms with Gasteiger partial charge in [0.15, 0.2) is 0 Å². The van der Waals surface area contributed by atoms with E-state index in [9.17, 15) is 4.79 Å². The second-order valence-corrected chi connectivity index (χ2v) is 5.04. The van der Waals surface area contributed by atoms with Crippen LogP contribution in [0, 0.1) is 0 Å². The third kappa shape index (κ3) is 5.58. The Morgan fingerprint density at radius 2 is 1.73 bits per heavy atom. The number of ether oxygens (including phenoxy) is 1. The van der Waals surface area contributed by atoms with Crippen LogP contribution in [0.25, 0.3) is 0 Å². The minimum atomic E-state index is 0.0180. The number of carbonyl (C=O) groups is 1. The standard InChI is InChI=1S/C18H22N2O2/c1-22-17-9-7-15(8-10-17)11-12-20-18(21)14-19-13-16-5-3-2-4-6-16/h2-10,19H,11-14H2,1H3,(H,20,21). The van der Waals surface area contributed by atoms with Gasteiger partial charge in [-0.15, -0.1) is 0 Å². The summed E-state index contributed by atoms with van der Waals surface area (Å²) in [6.07, 6.45) is 0.814. The fourth-order valence-electron chi connectivity index (χ4n) is 2.12. The number of nitrogens with one attached hydrogen (secondary N) is 2. The lowest BCUT2D eigenvalue weighted by Crippen LogP contribution is -2.34. The molecule has 0 heterocycles. The number of methoxy groups -OCH3 is 1. The van der Waals surface area contributed by atoms with E-state index in [-0.39, 0.29) is 5.91 Å². The third-order valence-electron chi connectivity index (χ3n) is 3.35. The normalized spacial score (nSPS) is 10.2. The quantitative estimate of drug-likeness (QED) is 0.785. The minimum Gasteiger partial charge on any atom is -0.497 e. The van der Waals surface area contributed by atoms with Gasteiger partial charge in [0, 0.05) is 13.1 Å². The molecular formula is C18H22N2O2. The Labute approximate surface area is 131 Å². The van der Waals surface area contributed by atoms with Gasteiger partial charge < -0.3 is 15.4 Å². The first-order valence-corrected chi connectivity index (χ1v) is 7.42. The van der Waals surface area contributed by atoms with E-state index >= 15 is 0 Å². The maximum atomic E-state index is 11.7. The fraction of sp³-hybridized carbons (Fsp3) is 0.278. The Balaban J connectivity index is 1.61. The fourth-order valence-corrected chi connectivity index (χ4v) is 2.12. The van der Waals surface area contributed by atoms with E-state index in [1.807, 2.05) is 54.6 Å². The van der Waals surface area contributed by atoms with Gasteiger partial charge in [-0.2, -0.15) is 0 Å². The lowest BCUT2D eigenvalue weighted by Gasteiger charge is -2.07. The Morgan fingerprint density at radius 1 is 1.00 bits per heavy atom. The molecule has 116 valence electrons. The Bertz CT molecular complexity index is 567. The summed E-state index contributed by atoms with van der Waals surface area (Å²) < 4.78 is 5.11. The lowest BCUT2D eigenvalue weighted by atomic mass is 10.1. The SMILES string of the molecule is COc1ccc(CCNC(=O)CNCc2ccccc2)cc1. The first kappa shape index (κ1) is 16.0. The second kappa shape index (κ2) is 8.85. The molecule has 0 saturated carbocycles. The highest BCUT2D eigenvalue weighted by atomic mass is 16.5. The number of carbonyl (C=O) groups excluding carboxylic acids is 1. The van der Waals surface area contributed by atoms with Crippen LogP contribution < -0.4 is 15.4 Å². The summed E-state index contributed by atoms with van der Waals surface area (Å²) in [6.45, 7) is 1.67. The highest BCUT2D eigenvalue weighted by Crippen LogP contribution is 2.11. The summed E-state index contributed by atoms with van der Waals surface area (Å²) in [5.74, 6) is 0.863. The summed E-state index contributed by atoms with van der Waals surface area (Å²) in [7, 11) is 1.65. The molecule has 4 nitrogen and oxygen atoms in total. The molecule has 4 heteroatoms. The molecule has 0 spiro atoms. The first-order chi connectivity index (χ1) is 10.8. The highest BCUT2D eigenvalue weighted by molar-refractivity contribution is 5.77. The maximum absolute atomic E-state index is 11.7. The Kier molecular flexibility index (Phi) is 6.45. The predicted octanol–water partition coefficient (Wildman–Crippen LogP) is 2.14. The average molecular weight is 298 g/mol. The zero-order valence-corrected chi connectivity index (χ0v) is 12.8. The third-order valence-corrected chi connectivity index (χ3v) is 3.35. The van der Waals surface area contributed by atoms with E-state index in [1.165, 1.54) is 11.1 Å². The van der Waals surface area contributed by atoms with Gasteiger partial charge in [-0.25, -0.2) is 0 Å². The van der Waals surface area contributed by atoms with Crippen LogP contribution in [0.1, 0.15) is 11.1 Å².